The first kappa shape index (κ1) is 12.8. The molecule has 0 spiro atoms. The number of carbonyl (C=O) groups is 1. The lowest BCUT2D eigenvalue weighted by molar-refractivity contribution is -0.127. The van der Waals surface area contributed by atoms with Crippen LogP contribution in [0.3, 0.4) is 0 Å². The molecule has 0 aliphatic carbocycles. The van der Waals surface area contributed by atoms with Gasteiger partial charge in [0.2, 0.25) is 0 Å². The number of carbonyl (C=O) groups excluding carboxylic acids is 1. The Morgan fingerprint density at radius 2 is 2.25 bits per heavy atom. The van der Waals surface area contributed by atoms with Crippen LogP contribution in [0, 0.1) is 6.92 Å². The van der Waals surface area contributed by atoms with Gasteiger partial charge < -0.3 is 10.1 Å². The standard InChI is InChI=1S/C12H16ClNO2/c1-4-14-12(15)9(3)16-11-6-5-10(13)7-8(11)2/h5-7,9H,4H2,1-3H3,(H,14,15). The van der Waals surface area contributed by atoms with Crippen molar-refractivity contribution >= 4 is 17.5 Å². The number of hydrogen-bond acceptors (Lipinski definition) is 2. The summed E-state index contributed by atoms with van der Waals surface area (Å²) in [4.78, 5) is 11.5. The van der Waals surface area contributed by atoms with Crippen LogP contribution in [-0.2, 0) is 4.79 Å². The summed E-state index contributed by atoms with van der Waals surface area (Å²) in [6.07, 6.45) is -0.500. The molecule has 1 rings (SSSR count). The summed E-state index contributed by atoms with van der Waals surface area (Å²) in [7, 11) is 0. The highest BCUT2D eigenvalue weighted by atomic mass is 35.5. The molecule has 4 heteroatoms. The number of hydrogen-bond donors (Lipinski definition) is 1. The largest absolute Gasteiger partial charge is 0.481 e. The molecule has 88 valence electrons. The minimum atomic E-state index is -0.500. The molecule has 0 aliphatic heterocycles. The molecule has 0 aliphatic rings. The van der Waals surface area contributed by atoms with Crippen molar-refractivity contribution in [1.82, 2.24) is 5.32 Å². The number of aryl methyl sites for hydroxylation is 1. The normalized spacial score (nSPS) is 12.0. The second-order valence-corrected chi connectivity index (χ2v) is 4.00. The van der Waals surface area contributed by atoms with Crippen molar-refractivity contribution < 1.29 is 9.53 Å². The first-order chi connectivity index (χ1) is 7.54. The van der Waals surface area contributed by atoms with Crippen LogP contribution in [0.25, 0.3) is 0 Å². The van der Waals surface area contributed by atoms with Crippen LogP contribution in [0.15, 0.2) is 18.2 Å². The van der Waals surface area contributed by atoms with Crippen molar-refractivity contribution in [2.45, 2.75) is 26.9 Å². The van der Waals surface area contributed by atoms with Crippen molar-refractivity contribution in [3.05, 3.63) is 28.8 Å². The number of ether oxygens (including phenoxy) is 1. The van der Waals surface area contributed by atoms with Crippen molar-refractivity contribution in [2.75, 3.05) is 6.54 Å². The minimum Gasteiger partial charge on any atom is -0.481 e. The van der Waals surface area contributed by atoms with Gasteiger partial charge in [0, 0.05) is 11.6 Å². The molecule has 0 aromatic heterocycles. The summed E-state index contributed by atoms with van der Waals surface area (Å²) in [6.45, 7) is 6.09. The van der Waals surface area contributed by atoms with Gasteiger partial charge in [-0.05, 0) is 44.5 Å². The molecule has 0 radical (unpaired) electrons. The van der Waals surface area contributed by atoms with E-state index < -0.39 is 6.10 Å². The summed E-state index contributed by atoms with van der Waals surface area (Å²) in [5.41, 5.74) is 0.920. The number of nitrogens with one attached hydrogen (secondary N) is 1. The van der Waals surface area contributed by atoms with Crippen LogP contribution in [0.4, 0.5) is 0 Å². The molecule has 0 heterocycles. The average Bonchev–Trinajstić information content (AvgIpc) is 2.22. The smallest absolute Gasteiger partial charge is 0.260 e. The predicted octanol–water partition coefficient (Wildman–Crippen LogP) is 2.55. The fourth-order valence-corrected chi connectivity index (χ4v) is 1.53. The Labute approximate surface area is 101 Å². The van der Waals surface area contributed by atoms with Crippen LogP contribution in [-0.4, -0.2) is 18.6 Å². The van der Waals surface area contributed by atoms with Gasteiger partial charge >= 0.3 is 0 Å². The van der Waals surface area contributed by atoms with Gasteiger partial charge in [0.15, 0.2) is 6.10 Å². The second kappa shape index (κ2) is 5.75. The lowest BCUT2D eigenvalue weighted by Crippen LogP contribution is -2.36. The van der Waals surface area contributed by atoms with Crippen molar-refractivity contribution in [1.29, 1.82) is 0 Å². The molecule has 0 saturated carbocycles. The molecule has 3 nitrogen and oxygen atoms in total. The molecular weight excluding hydrogens is 226 g/mol. The van der Waals surface area contributed by atoms with Gasteiger partial charge in [0.1, 0.15) is 5.75 Å². The monoisotopic (exact) mass is 241 g/mol. The zero-order chi connectivity index (χ0) is 12.1. The van der Waals surface area contributed by atoms with Gasteiger partial charge in [-0.15, -0.1) is 0 Å². The Bertz CT molecular complexity index is 379. The zero-order valence-electron chi connectivity index (χ0n) is 9.71. The summed E-state index contributed by atoms with van der Waals surface area (Å²) in [5.74, 6) is 0.569. The Hall–Kier alpha value is -1.22. The van der Waals surface area contributed by atoms with E-state index in [-0.39, 0.29) is 5.91 Å². The fourth-order valence-electron chi connectivity index (χ4n) is 1.31. The third kappa shape index (κ3) is 3.42. The van der Waals surface area contributed by atoms with Crippen LogP contribution in [0.5, 0.6) is 5.75 Å². The fraction of sp³-hybridized carbons (Fsp3) is 0.417. The van der Waals surface area contributed by atoms with Crippen LogP contribution < -0.4 is 10.1 Å². The summed E-state index contributed by atoms with van der Waals surface area (Å²) in [5, 5.41) is 3.37. The van der Waals surface area contributed by atoms with Crippen LogP contribution in [0.1, 0.15) is 19.4 Å². The molecule has 1 amide bonds. The highest BCUT2D eigenvalue weighted by molar-refractivity contribution is 6.30. The minimum absolute atomic E-state index is 0.114. The first-order valence-corrected chi connectivity index (χ1v) is 5.63. The Kier molecular flexibility index (Phi) is 4.62. The van der Waals surface area contributed by atoms with E-state index in [2.05, 4.69) is 5.32 Å². The molecule has 1 N–H and O–H groups in total. The lowest BCUT2D eigenvalue weighted by atomic mass is 10.2. The lowest BCUT2D eigenvalue weighted by Gasteiger charge is -2.15. The predicted molar refractivity (Wildman–Crippen MR) is 65.0 cm³/mol. The molecule has 0 saturated heterocycles. The van der Waals surface area contributed by atoms with Crippen LogP contribution >= 0.6 is 11.6 Å². The summed E-state index contributed by atoms with van der Waals surface area (Å²) in [6, 6.07) is 5.32. The number of halogens is 1. The quantitative estimate of drug-likeness (QED) is 0.880. The van der Waals surface area contributed by atoms with Crippen molar-refractivity contribution in [3.8, 4) is 5.75 Å². The maximum atomic E-state index is 11.5. The molecule has 1 unspecified atom stereocenters. The molecule has 1 aromatic rings. The van der Waals surface area contributed by atoms with E-state index in [9.17, 15) is 4.79 Å². The summed E-state index contributed by atoms with van der Waals surface area (Å²) < 4.78 is 5.54. The maximum Gasteiger partial charge on any atom is 0.260 e. The molecule has 0 fully saturated rings. The molecule has 1 atom stereocenters. The van der Waals surface area contributed by atoms with E-state index in [0.29, 0.717) is 17.3 Å². The van der Waals surface area contributed by atoms with E-state index in [1.165, 1.54) is 0 Å². The van der Waals surface area contributed by atoms with Gasteiger partial charge in [-0.25, -0.2) is 0 Å². The SMILES string of the molecule is CCNC(=O)C(C)Oc1ccc(Cl)cc1C. The Morgan fingerprint density at radius 1 is 1.56 bits per heavy atom. The number of benzene rings is 1. The molecule has 16 heavy (non-hydrogen) atoms. The van der Waals surface area contributed by atoms with E-state index >= 15 is 0 Å². The maximum absolute atomic E-state index is 11.5. The zero-order valence-corrected chi connectivity index (χ0v) is 10.5. The first-order valence-electron chi connectivity index (χ1n) is 5.25. The number of rotatable bonds is 4. The number of likely N-dealkylation sites (N-methyl/N-ethyl adjacent to an activating group) is 1. The third-order valence-electron chi connectivity index (χ3n) is 2.16. The van der Waals surface area contributed by atoms with Gasteiger partial charge in [0.25, 0.3) is 5.91 Å². The molecular formula is C12H16ClNO2. The van der Waals surface area contributed by atoms with E-state index in [4.69, 9.17) is 16.3 Å². The van der Waals surface area contributed by atoms with Gasteiger partial charge in [-0.1, -0.05) is 11.6 Å². The van der Waals surface area contributed by atoms with Crippen LogP contribution in [0.2, 0.25) is 5.02 Å². The third-order valence-corrected chi connectivity index (χ3v) is 2.40. The van der Waals surface area contributed by atoms with Gasteiger partial charge in [0.05, 0.1) is 0 Å². The van der Waals surface area contributed by atoms with E-state index in [1.54, 1.807) is 25.1 Å². The van der Waals surface area contributed by atoms with Crippen molar-refractivity contribution in [2.24, 2.45) is 0 Å². The van der Waals surface area contributed by atoms with Gasteiger partial charge in [-0.2, -0.15) is 0 Å². The Morgan fingerprint density at radius 3 is 2.81 bits per heavy atom. The topological polar surface area (TPSA) is 38.3 Å². The Balaban J connectivity index is 2.69. The molecule has 0 bridgehead atoms. The highest BCUT2D eigenvalue weighted by Gasteiger charge is 2.14. The highest BCUT2D eigenvalue weighted by Crippen LogP contribution is 2.22. The second-order valence-electron chi connectivity index (χ2n) is 3.56. The number of amides is 1. The van der Waals surface area contributed by atoms with Gasteiger partial charge in [-0.3, -0.25) is 4.79 Å². The summed E-state index contributed by atoms with van der Waals surface area (Å²) >= 11 is 5.83. The molecule has 1 aromatic carbocycles. The van der Waals surface area contributed by atoms with E-state index in [1.807, 2.05) is 13.8 Å². The average molecular weight is 242 g/mol. The van der Waals surface area contributed by atoms with Crippen molar-refractivity contribution in [3.63, 3.8) is 0 Å². The van der Waals surface area contributed by atoms with E-state index in [0.717, 1.165) is 5.56 Å².